The number of para-hydroxylation sites is 1. The zero-order valence-electron chi connectivity index (χ0n) is 15.7. The van der Waals surface area contributed by atoms with Crippen molar-refractivity contribution < 1.29 is 4.74 Å². The first-order valence-corrected chi connectivity index (χ1v) is 9.26. The zero-order chi connectivity index (χ0) is 18.6. The van der Waals surface area contributed by atoms with Gasteiger partial charge in [0.15, 0.2) is 0 Å². The van der Waals surface area contributed by atoms with Crippen LogP contribution in [-0.4, -0.2) is 7.11 Å². The molecule has 138 valence electrons. The molecule has 0 saturated heterocycles. The summed E-state index contributed by atoms with van der Waals surface area (Å²) in [5, 5.41) is 3.47. The molecule has 1 fully saturated rings. The molecule has 2 unspecified atom stereocenters. The van der Waals surface area contributed by atoms with Gasteiger partial charge < -0.3 is 21.5 Å². The largest absolute Gasteiger partial charge is 0.397 e. The summed E-state index contributed by atoms with van der Waals surface area (Å²) in [5.41, 5.74) is 16.6. The van der Waals surface area contributed by atoms with Gasteiger partial charge in [0.05, 0.1) is 11.4 Å². The molecule has 26 heavy (non-hydrogen) atoms. The Morgan fingerprint density at radius 2 is 1.92 bits per heavy atom. The van der Waals surface area contributed by atoms with E-state index >= 15 is 0 Å². The third-order valence-electron chi connectivity index (χ3n) is 5.54. The van der Waals surface area contributed by atoms with Gasteiger partial charge in [0.2, 0.25) is 0 Å². The van der Waals surface area contributed by atoms with Gasteiger partial charge in [-0.1, -0.05) is 49.4 Å². The highest BCUT2D eigenvalue weighted by Gasteiger charge is 2.45. The molecular weight excluding hydrogens is 322 g/mol. The van der Waals surface area contributed by atoms with E-state index in [9.17, 15) is 0 Å². The summed E-state index contributed by atoms with van der Waals surface area (Å²) < 4.78 is 6.18. The second-order valence-corrected chi connectivity index (χ2v) is 7.08. The topological polar surface area (TPSA) is 73.3 Å². The first-order chi connectivity index (χ1) is 12.6. The molecule has 0 spiro atoms. The fourth-order valence-corrected chi connectivity index (χ4v) is 4.16. The van der Waals surface area contributed by atoms with Crippen LogP contribution in [0.1, 0.15) is 37.3 Å². The van der Waals surface area contributed by atoms with Crippen molar-refractivity contribution in [3.63, 3.8) is 0 Å². The van der Waals surface area contributed by atoms with Crippen LogP contribution in [0.15, 0.2) is 60.3 Å². The molecular formula is C22H29N3O. The number of methoxy groups -OCH3 is 1. The van der Waals surface area contributed by atoms with Gasteiger partial charge in [0, 0.05) is 19.2 Å². The van der Waals surface area contributed by atoms with E-state index in [-0.39, 0.29) is 0 Å². The lowest BCUT2D eigenvalue weighted by atomic mass is 9.68. The highest BCUT2D eigenvalue weighted by Crippen LogP contribution is 2.50. The van der Waals surface area contributed by atoms with Crippen LogP contribution in [0, 0.1) is 5.92 Å². The molecule has 0 aromatic heterocycles. The number of nitrogens with one attached hydrogen (secondary N) is 1. The zero-order valence-corrected chi connectivity index (χ0v) is 15.7. The fraction of sp³-hybridized carbons (Fsp3) is 0.364. The number of nitrogen functional groups attached to an aromatic ring is 2. The maximum absolute atomic E-state index is 6.37. The van der Waals surface area contributed by atoms with Crippen molar-refractivity contribution in [2.45, 2.75) is 38.3 Å². The maximum Gasteiger partial charge on any atom is 0.120 e. The van der Waals surface area contributed by atoms with Crippen LogP contribution in [0.4, 0.5) is 11.4 Å². The van der Waals surface area contributed by atoms with Gasteiger partial charge in [-0.2, -0.15) is 0 Å². The molecule has 0 bridgehead atoms. The van der Waals surface area contributed by atoms with Crippen LogP contribution in [0.25, 0.3) is 0 Å². The summed E-state index contributed by atoms with van der Waals surface area (Å²) in [4.78, 5) is 0. The van der Waals surface area contributed by atoms with Crippen LogP contribution in [-0.2, 0) is 16.9 Å². The van der Waals surface area contributed by atoms with Crippen molar-refractivity contribution in [2.24, 2.45) is 5.92 Å². The third-order valence-corrected chi connectivity index (χ3v) is 5.54. The number of hydrogen-bond acceptors (Lipinski definition) is 4. The van der Waals surface area contributed by atoms with Crippen molar-refractivity contribution in [3.8, 4) is 0 Å². The van der Waals surface area contributed by atoms with E-state index in [1.54, 1.807) is 7.11 Å². The third kappa shape index (κ3) is 3.29. The number of anilines is 2. The summed E-state index contributed by atoms with van der Waals surface area (Å²) in [7, 11) is 1.77. The average molecular weight is 351 g/mol. The van der Waals surface area contributed by atoms with Crippen molar-refractivity contribution in [1.29, 1.82) is 0 Å². The number of rotatable bonds is 5. The van der Waals surface area contributed by atoms with E-state index in [1.165, 1.54) is 11.1 Å². The Morgan fingerprint density at radius 3 is 2.65 bits per heavy atom. The van der Waals surface area contributed by atoms with E-state index < -0.39 is 5.60 Å². The summed E-state index contributed by atoms with van der Waals surface area (Å²) in [6, 6.07) is 16.2. The molecule has 0 amide bonds. The minimum Gasteiger partial charge on any atom is -0.397 e. The van der Waals surface area contributed by atoms with E-state index in [2.05, 4.69) is 42.7 Å². The standard InChI is InChI=1S/C22H29N3O/c1-16-8-6-11-18(15-25-14-17-9-4-3-5-10-17)22(16,26-2)19-12-7-13-20(23)21(19)24/h3-5,7,9-10,12-13,15-16,25H,6,8,11,14,23-24H2,1-2H3/b18-15-. The van der Waals surface area contributed by atoms with Crippen LogP contribution < -0.4 is 16.8 Å². The van der Waals surface area contributed by atoms with Crippen LogP contribution in [0.2, 0.25) is 0 Å². The number of nitrogens with two attached hydrogens (primary N) is 2. The van der Waals surface area contributed by atoms with E-state index in [0.717, 1.165) is 31.4 Å². The first-order valence-electron chi connectivity index (χ1n) is 9.26. The second kappa shape index (κ2) is 7.83. The number of ether oxygens (including phenoxy) is 1. The van der Waals surface area contributed by atoms with Gasteiger partial charge in [0.25, 0.3) is 0 Å². The Balaban J connectivity index is 1.96. The summed E-state index contributed by atoms with van der Waals surface area (Å²) >= 11 is 0. The monoisotopic (exact) mass is 351 g/mol. The highest BCUT2D eigenvalue weighted by atomic mass is 16.5. The van der Waals surface area contributed by atoms with Gasteiger partial charge in [0.1, 0.15) is 5.60 Å². The Kier molecular flexibility index (Phi) is 5.52. The van der Waals surface area contributed by atoms with Gasteiger partial charge in [-0.05, 0) is 48.6 Å². The molecule has 2 aromatic carbocycles. The molecule has 1 saturated carbocycles. The molecule has 2 atom stereocenters. The molecule has 4 heteroatoms. The first kappa shape index (κ1) is 18.3. The van der Waals surface area contributed by atoms with Crippen LogP contribution in [0.3, 0.4) is 0 Å². The Morgan fingerprint density at radius 1 is 1.15 bits per heavy atom. The molecule has 0 radical (unpaired) electrons. The number of hydrogen-bond donors (Lipinski definition) is 3. The Bertz CT molecular complexity index is 772. The molecule has 3 rings (SSSR count). The molecule has 5 N–H and O–H groups in total. The van der Waals surface area contributed by atoms with Crippen molar-refractivity contribution in [2.75, 3.05) is 18.6 Å². The lowest BCUT2D eigenvalue weighted by Crippen LogP contribution is -2.42. The van der Waals surface area contributed by atoms with Crippen LogP contribution >= 0.6 is 0 Å². The van der Waals surface area contributed by atoms with Crippen molar-refractivity contribution in [3.05, 3.63) is 71.4 Å². The van der Waals surface area contributed by atoms with Crippen molar-refractivity contribution in [1.82, 2.24) is 5.32 Å². The summed E-state index contributed by atoms with van der Waals surface area (Å²) in [6.07, 6.45) is 5.34. The Hall–Kier alpha value is -2.46. The van der Waals surface area contributed by atoms with E-state index in [1.807, 2.05) is 24.3 Å². The minimum atomic E-state index is -0.540. The predicted molar refractivity (Wildman–Crippen MR) is 108 cm³/mol. The number of benzene rings is 2. The SMILES string of the molecule is COC1(c2cccc(N)c2N)/C(=C\NCc2ccccc2)CCCC1C. The maximum atomic E-state index is 6.37. The average Bonchev–Trinajstić information content (AvgIpc) is 2.66. The van der Waals surface area contributed by atoms with E-state index in [0.29, 0.717) is 17.3 Å². The van der Waals surface area contributed by atoms with Gasteiger partial charge in [-0.15, -0.1) is 0 Å². The lowest BCUT2D eigenvalue weighted by molar-refractivity contribution is -0.0427. The summed E-state index contributed by atoms with van der Waals surface area (Å²) in [5.74, 6) is 0.315. The minimum absolute atomic E-state index is 0.315. The quantitative estimate of drug-likeness (QED) is 0.706. The molecule has 2 aromatic rings. The molecule has 1 aliphatic rings. The predicted octanol–water partition coefficient (Wildman–Crippen LogP) is 4.19. The summed E-state index contributed by atoms with van der Waals surface area (Å²) in [6.45, 7) is 3.02. The Labute approximate surface area is 156 Å². The smallest absolute Gasteiger partial charge is 0.120 e. The molecule has 0 aliphatic heterocycles. The lowest BCUT2D eigenvalue weighted by Gasteiger charge is -2.44. The van der Waals surface area contributed by atoms with E-state index in [4.69, 9.17) is 16.2 Å². The normalized spacial score (nSPS) is 24.5. The second-order valence-electron chi connectivity index (χ2n) is 7.08. The fourth-order valence-electron chi connectivity index (χ4n) is 4.16. The molecule has 0 heterocycles. The highest BCUT2D eigenvalue weighted by molar-refractivity contribution is 5.70. The molecule has 4 nitrogen and oxygen atoms in total. The van der Waals surface area contributed by atoms with Gasteiger partial charge in [-0.25, -0.2) is 0 Å². The molecule has 1 aliphatic carbocycles. The van der Waals surface area contributed by atoms with Gasteiger partial charge in [-0.3, -0.25) is 0 Å². The van der Waals surface area contributed by atoms with Gasteiger partial charge >= 0.3 is 0 Å². The van der Waals surface area contributed by atoms with Crippen molar-refractivity contribution >= 4 is 11.4 Å². The van der Waals surface area contributed by atoms with Crippen LogP contribution in [0.5, 0.6) is 0 Å².